The van der Waals surface area contributed by atoms with Gasteiger partial charge in [0.25, 0.3) is 11.8 Å². The Bertz CT molecular complexity index is 1850. The van der Waals surface area contributed by atoms with E-state index in [2.05, 4.69) is 36.2 Å². The van der Waals surface area contributed by atoms with Crippen molar-refractivity contribution >= 4 is 62.5 Å². The molecule has 21 nitrogen and oxygen atoms in total. The highest BCUT2D eigenvalue weighted by molar-refractivity contribution is 7.84. The van der Waals surface area contributed by atoms with Gasteiger partial charge in [-0.05, 0) is 76.2 Å². The van der Waals surface area contributed by atoms with Gasteiger partial charge in [-0.1, -0.05) is 5.16 Å². The summed E-state index contributed by atoms with van der Waals surface area (Å²) in [6.45, 7) is 16.9. The zero-order valence-electron chi connectivity index (χ0n) is 31.2. The number of nitrogens with one attached hydrogen (secondary N) is 3. The van der Waals surface area contributed by atoms with Crippen LogP contribution >= 0.6 is 11.3 Å². The number of ether oxygens (including phenoxy) is 3. The number of rotatable bonds is 12. The molecule has 2 aromatic rings. The number of β-lactam (4-membered cyclic amide) rings is 1. The first-order valence-electron chi connectivity index (χ1n) is 16.0. The third kappa shape index (κ3) is 12.3. The number of hydrogen-bond donors (Lipinski definition) is 4. The quantitative estimate of drug-likeness (QED) is 0.0599. The number of anilines is 1. The monoisotopic (exact) mass is 787 g/mol. The number of aromatic nitrogens is 4. The summed E-state index contributed by atoms with van der Waals surface area (Å²) in [6.07, 6.45) is -0.506. The van der Waals surface area contributed by atoms with Gasteiger partial charge in [-0.2, -0.15) is 13.5 Å². The van der Waals surface area contributed by atoms with Crippen molar-refractivity contribution in [2.45, 2.75) is 124 Å². The van der Waals surface area contributed by atoms with Crippen molar-refractivity contribution in [3.8, 4) is 0 Å². The van der Waals surface area contributed by atoms with Crippen molar-refractivity contribution in [3.05, 3.63) is 23.2 Å². The number of alkyl carbamates (subject to hydrolysis) is 1. The van der Waals surface area contributed by atoms with Crippen molar-refractivity contribution in [1.29, 1.82) is 0 Å². The van der Waals surface area contributed by atoms with Crippen LogP contribution in [-0.4, -0.2) is 107 Å². The normalized spacial score (nSPS) is 17.0. The topological polar surface area (TPSA) is 272 Å². The molecule has 0 radical (unpaired) electrons. The lowest BCUT2D eigenvalue weighted by atomic mass is 9.98. The lowest BCUT2D eigenvalue weighted by Gasteiger charge is -2.44. The van der Waals surface area contributed by atoms with Crippen LogP contribution in [0.5, 0.6) is 0 Å². The summed E-state index contributed by atoms with van der Waals surface area (Å²) in [7, 11) is -5.13. The average molecular weight is 788 g/mol. The Labute approximate surface area is 310 Å². The molecule has 0 spiro atoms. The third-order valence-corrected chi connectivity index (χ3v) is 8.08. The highest BCUT2D eigenvalue weighted by atomic mass is 32.2. The van der Waals surface area contributed by atoms with Gasteiger partial charge >= 0.3 is 28.5 Å². The van der Waals surface area contributed by atoms with Gasteiger partial charge < -0.3 is 29.7 Å². The van der Waals surface area contributed by atoms with Gasteiger partial charge in [0.05, 0.1) is 19.1 Å². The van der Waals surface area contributed by atoms with Crippen LogP contribution in [0.4, 0.5) is 14.7 Å². The largest absolute Gasteiger partial charge is 0.457 e. The number of carbonyl (C=O) groups is 5. The summed E-state index contributed by atoms with van der Waals surface area (Å²) in [4.78, 5) is 78.0. The van der Waals surface area contributed by atoms with E-state index < -0.39 is 87.0 Å². The lowest BCUT2D eigenvalue weighted by molar-refractivity contribution is -0.179. The zero-order valence-corrected chi connectivity index (χ0v) is 32.8. The minimum absolute atomic E-state index is 0.0185. The summed E-state index contributed by atoms with van der Waals surface area (Å²) >= 11 is 0.878. The van der Waals surface area contributed by atoms with Crippen molar-refractivity contribution in [2.24, 2.45) is 5.16 Å². The second-order valence-corrected chi connectivity index (χ2v) is 17.2. The summed E-state index contributed by atoms with van der Waals surface area (Å²) in [6, 6.07) is -3.05. The molecule has 1 aliphatic rings. The van der Waals surface area contributed by atoms with Gasteiger partial charge in [0.1, 0.15) is 40.7 Å². The molecule has 4 amide bonds. The van der Waals surface area contributed by atoms with Crippen molar-refractivity contribution in [3.63, 3.8) is 0 Å². The minimum Gasteiger partial charge on any atom is -0.457 e. The predicted octanol–water partition coefficient (Wildman–Crippen LogP) is 2.15. The molecule has 2 aromatic heterocycles. The van der Waals surface area contributed by atoms with Crippen LogP contribution < -0.4 is 16.0 Å². The molecule has 23 heteroatoms. The maximum atomic E-state index is 13.8. The van der Waals surface area contributed by atoms with E-state index in [1.54, 1.807) is 62.3 Å². The summed E-state index contributed by atoms with van der Waals surface area (Å²) in [5, 5.41) is 16.5. The molecule has 0 unspecified atom stereocenters. The third-order valence-electron chi connectivity index (χ3n) is 6.38. The molecule has 1 aliphatic heterocycles. The Morgan fingerprint density at radius 2 is 1.53 bits per heavy atom. The summed E-state index contributed by atoms with van der Waals surface area (Å²) in [5.41, 5.74) is -5.04. The second-order valence-electron chi connectivity index (χ2n) is 15.1. The Balaban J connectivity index is 1.93. The van der Waals surface area contributed by atoms with E-state index in [0.29, 0.717) is 0 Å². The minimum atomic E-state index is -5.13. The smallest absolute Gasteiger partial charge is 0.413 e. The molecular weight excluding hydrogens is 743 g/mol. The van der Waals surface area contributed by atoms with Gasteiger partial charge in [-0.25, -0.2) is 33.3 Å². The maximum Gasteiger partial charge on any atom is 0.413 e. The van der Waals surface area contributed by atoms with Crippen molar-refractivity contribution < 1.29 is 56.0 Å². The van der Waals surface area contributed by atoms with Crippen LogP contribution in [0.15, 0.2) is 16.9 Å². The molecule has 1 saturated heterocycles. The molecule has 0 bridgehead atoms. The van der Waals surface area contributed by atoms with Crippen molar-refractivity contribution in [2.75, 3.05) is 5.32 Å². The number of carbonyl (C=O) groups excluding carboxylic acids is 5. The number of nitrogens with zero attached hydrogens (tertiary/aromatic N) is 6. The number of hydrogen-bond acceptors (Lipinski definition) is 16. The Kier molecular flexibility index (Phi) is 12.5. The molecule has 3 rings (SSSR count). The summed E-state index contributed by atoms with van der Waals surface area (Å²) < 4.78 is 51.4. The fourth-order valence-electron chi connectivity index (χ4n) is 4.20. The highest BCUT2D eigenvalue weighted by Crippen LogP contribution is 2.27. The highest BCUT2D eigenvalue weighted by Gasteiger charge is 2.54. The van der Waals surface area contributed by atoms with Crippen molar-refractivity contribution in [1.82, 2.24) is 34.7 Å². The molecule has 294 valence electrons. The number of oxime groups is 1. The van der Waals surface area contributed by atoms with E-state index in [0.717, 1.165) is 22.3 Å². The Morgan fingerprint density at radius 3 is 2.09 bits per heavy atom. The fourth-order valence-corrected chi connectivity index (χ4v) is 5.76. The number of esters is 1. The van der Waals surface area contributed by atoms with Gasteiger partial charge in [-0.15, -0.1) is 11.3 Å². The first-order chi connectivity index (χ1) is 24.1. The fraction of sp³-hybridized carbons (Fsp3) is 0.633. The van der Waals surface area contributed by atoms with Crippen LogP contribution in [0.1, 0.15) is 87.7 Å². The van der Waals surface area contributed by atoms with E-state index in [9.17, 15) is 36.9 Å². The molecule has 3 heterocycles. The molecule has 53 heavy (non-hydrogen) atoms. The molecule has 4 N–H and O–H groups in total. The maximum absolute atomic E-state index is 13.8. The Hall–Kier alpha value is -4.90. The van der Waals surface area contributed by atoms with E-state index in [1.807, 2.05) is 0 Å². The lowest BCUT2D eigenvalue weighted by Crippen LogP contribution is -2.73. The van der Waals surface area contributed by atoms with Gasteiger partial charge in [-0.3, -0.25) is 19.5 Å². The molecular formula is C30H45N9O12S2. The van der Waals surface area contributed by atoms with E-state index in [1.165, 1.54) is 19.2 Å². The van der Waals surface area contributed by atoms with Crippen LogP contribution in [0.25, 0.3) is 0 Å². The van der Waals surface area contributed by atoms with Gasteiger partial charge in [0.15, 0.2) is 10.8 Å². The van der Waals surface area contributed by atoms with Crippen LogP contribution in [0, 0.1) is 0 Å². The first-order valence-corrected chi connectivity index (χ1v) is 18.2. The van der Waals surface area contributed by atoms with E-state index >= 15 is 0 Å². The Morgan fingerprint density at radius 1 is 0.943 bits per heavy atom. The molecule has 0 aromatic carbocycles. The van der Waals surface area contributed by atoms with Gasteiger partial charge in [0, 0.05) is 5.38 Å². The van der Waals surface area contributed by atoms with Crippen LogP contribution in [0.3, 0.4) is 0 Å². The number of amides is 4. The zero-order chi connectivity index (χ0) is 40.3. The molecule has 0 aliphatic carbocycles. The van der Waals surface area contributed by atoms with E-state index in [4.69, 9.17) is 19.0 Å². The second kappa shape index (κ2) is 15.6. The molecule has 1 fully saturated rings. The predicted molar refractivity (Wildman–Crippen MR) is 187 cm³/mol. The summed E-state index contributed by atoms with van der Waals surface area (Å²) in [5.74, 6) is -3.05. The van der Waals surface area contributed by atoms with Crippen LogP contribution in [-0.2, 0) is 56.8 Å². The SMILES string of the molecule is CC(C)(C)OC(=O)NCc1ncnn1C[C@@H]1[C@H](NC(=O)/C(=N\OC(C)(C)C(=O)OC(C)(C)C)c2csc(NC(=O)OC(C)(C)C)n2)C(=O)N1S(=O)(=O)O. The first kappa shape index (κ1) is 42.5. The van der Waals surface area contributed by atoms with Crippen LogP contribution in [0.2, 0.25) is 0 Å². The molecule has 0 saturated carbocycles. The van der Waals surface area contributed by atoms with E-state index in [-0.39, 0.29) is 27.5 Å². The standard InChI is InChI=1S/C30H45N9O12S2/c1-27(2,3)48-23(42)30(10,11)51-37-19(16-14-52-24(34-16)36-26(44)50-29(7,8)9)21(40)35-20-17(39(22(20)41)53(45,46)47)13-38-18(32-15-33-38)12-31-25(43)49-28(4,5)6/h14-15,17,20H,12-13H2,1-11H3,(H,31,43)(H,35,40)(H,34,36,44)(H,45,46,47)/b37-19-/t17-,20+/m1/s1. The van der Waals surface area contributed by atoms with Gasteiger partial charge in [0.2, 0.25) is 5.60 Å². The average Bonchev–Trinajstić information content (AvgIpc) is 3.60. The number of thiazole rings is 1. The molecule has 2 atom stereocenters.